The highest BCUT2D eigenvalue weighted by molar-refractivity contribution is 7.20. The zero-order valence-electron chi connectivity index (χ0n) is 41.2. The zero-order chi connectivity index (χ0) is 49.8. The van der Waals surface area contributed by atoms with Gasteiger partial charge >= 0.3 is 0 Å². The number of anilines is 8. The van der Waals surface area contributed by atoms with Crippen LogP contribution < -0.4 is 14.7 Å². The topological polar surface area (TPSA) is 14.7 Å². The number of thiophene rings is 2. The molecule has 0 aliphatic rings. The molecule has 0 atom stereocenters. The third-order valence-corrected chi connectivity index (χ3v) is 15.8. The molecule has 0 amide bonds. The summed E-state index contributed by atoms with van der Waals surface area (Å²) in [6.07, 6.45) is 4.47. The summed E-state index contributed by atoms with van der Waals surface area (Å²) < 4.78 is 2.43. The predicted octanol–water partition coefficient (Wildman–Crippen LogP) is 20.3. The van der Waals surface area contributed by atoms with E-state index in [4.69, 9.17) is 0 Å². The van der Waals surface area contributed by atoms with Gasteiger partial charge in [0.1, 0.15) is 10.0 Å². The molecule has 12 aromatic rings. The summed E-state index contributed by atoms with van der Waals surface area (Å²) in [5, 5.41) is 4.63. The molecule has 356 valence electrons. The van der Waals surface area contributed by atoms with Crippen molar-refractivity contribution in [3.8, 4) is 26.6 Å². The number of fused-ring (bicyclic) bond motifs is 3. The minimum atomic E-state index is 1.08. The first kappa shape index (κ1) is 46.2. The molecule has 0 bridgehead atoms. The second-order valence-corrected chi connectivity index (χ2v) is 20.4. The average Bonchev–Trinajstić information content (AvgIpc) is 4.25. The summed E-state index contributed by atoms with van der Waals surface area (Å²) in [5.74, 6) is 0. The molecule has 4 nitrogen and oxygen atoms in total. The van der Waals surface area contributed by atoms with Crippen LogP contribution in [0.15, 0.2) is 285 Å². The summed E-state index contributed by atoms with van der Waals surface area (Å²) >= 11 is 3.61. The molecule has 0 aliphatic heterocycles. The van der Waals surface area contributed by atoms with Crippen molar-refractivity contribution in [2.45, 2.75) is 13.8 Å². The maximum Gasteiger partial charge on any atom is 0.101 e. The standard InChI is InChI=1S/C68H52N4S2/c1-49(51-21-9-3-10-22-51)33-34-50(2)69(54-27-15-6-16-28-54)59-39-41-63-61(47-59)62-48-60(71(56-31-19-8-20-32-56)68-46-44-66(74-68)53-25-13-5-14-26-53)40-42-64(62)72(63)58-37-35-57(36-38-58)70(55-29-17-7-18-30-55)67-45-43-65(73-67)52-23-11-4-12-24-52/h3-48H,1-2H3/b49-33+,50-34+. The van der Waals surface area contributed by atoms with Crippen molar-refractivity contribution < 1.29 is 0 Å². The Bertz CT molecular complexity index is 3900. The fourth-order valence-corrected chi connectivity index (χ4v) is 12.0. The maximum absolute atomic E-state index is 2.43. The van der Waals surface area contributed by atoms with Gasteiger partial charge in [0.15, 0.2) is 0 Å². The van der Waals surface area contributed by atoms with Gasteiger partial charge in [-0.2, -0.15) is 0 Å². The quantitative estimate of drug-likeness (QED) is 0.101. The van der Waals surface area contributed by atoms with Crippen LogP contribution in [0.5, 0.6) is 0 Å². The fourth-order valence-electron chi connectivity index (χ4n) is 9.93. The summed E-state index contributed by atoms with van der Waals surface area (Å²) in [5.41, 5.74) is 15.9. The molecule has 3 aromatic heterocycles. The van der Waals surface area contributed by atoms with E-state index in [0.29, 0.717) is 0 Å². The first-order valence-electron chi connectivity index (χ1n) is 25.0. The third-order valence-electron chi connectivity index (χ3n) is 13.6. The number of hydrogen-bond donors (Lipinski definition) is 0. The average molecular weight is 989 g/mol. The molecule has 0 unspecified atom stereocenters. The lowest BCUT2D eigenvalue weighted by Crippen LogP contribution is -2.14. The zero-order valence-corrected chi connectivity index (χ0v) is 42.8. The van der Waals surface area contributed by atoms with E-state index in [1.807, 2.05) is 11.3 Å². The number of para-hydroxylation sites is 3. The molecule has 0 N–H and O–H groups in total. The second-order valence-electron chi connectivity index (χ2n) is 18.3. The van der Waals surface area contributed by atoms with E-state index in [2.05, 4.69) is 312 Å². The Balaban J connectivity index is 1.02. The first-order valence-corrected chi connectivity index (χ1v) is 26.6. The van der Waals surface area contributed by atoms with Gasteiger partial charge in [0.25, 0.3) is 0 Å². The Labute approximate surface area is 441 Å². The Hall–Kier alpha value is -8.94. The van der Waals surface area contributed by atoms with E-state index in [-0.39, 0.29) is 0 Å². The minimum Gasteiger partial charge on any atom is -0.314 e. The summed E-state index contributed by atoms with van der Waals surface area (Å²) in [7, 11) is 0. The predicted molar refractivity (Wildman–Crippen MR) is 319 cm³/mol. The van der Waals surface area contributed by atoms with Gasteiger partial charge in [-0.3, -0.25) is 0 Å². The van der Waals surface area contributed by atoms with E-state index in [1.54, 1.807) is 11.3 Å². The van der Waals surface area contributed by atoms with Gasteiger partial charge in [0, 0.05) is 66.0 Å². The summed E-state index contributed by atoms with van der Waals surface area (Å²) in [6, 6.07) is 96.0. The number of nitrogens with zero attached hydrogens (tertiary/aromatic N) is 4. The molecule has 6 heteroatoms. The Morgan fingerprint density at radius 2 is 0.770 bits per heavy atom. The lowest BCUT2D eigenvalue weighted by molar-refractivity contribution is 1.15. The molecule has 0 spiro atoms. The summed E-state index contributed by atoms with van der Waals surface area (Å²) in [4.78, 5) is 9.59. The van der Waals surface area contributed by atoms with Crippen LogP contribution in [-0.4, -0.2) is 4.57 Å². The van der Waals surface area contributed by atoms with Gasteiger partial charge in [-0.05, 0) is 164 Å². The Morgan fingerprint density at radius 3 is 1.28 bits per heavy atom. The lowest BCUT2D eigenvalue weighted by Gasteiger charge is -2.26. The van der Waals surface area contributed by atoms with Crippen molar-refractivity contribution in [2.75, 3.05) is 14.7 Å². The number of allylic oxidation sites excluding steroid dienone is 4. The number of benzene rings is 9. The Kier molecular flexibility index (Phi) is 12.9. The van der Waals surface area contributed by atoms with Crippen LogP contribution in [0.3, 0.4) is 0 Å². The summed E-state index contributed by atoms with van der Waals surface area (Å²) in [6.45, 7) is 4.38. The normalized spacial score (nSPS) is 11.8. The SMILES string of the molecule is C/C(=C\C=C(/C)N(c1ccccc1)c1ccc2c(c1)c1cc(N(c3ccccc3)c3ccc(-c4ccccc4)s3)ccc1n2-c1ccc(N(c2ccccc2)c2ccc(-c3ccccc3)s2)cc1)c1ccccc1. The van der Waals surface area contributed by atoms with Crippen molar-refractivity contribution in [1.29, 1.82) is 0 Å². The van der Waals surface area contributed by atoms with E-state index >= 15 is 0 Å². The van der Waals surface area contributed by atoms with Gasteiger partial charge < -0.3 is 19.3 Å². The largest absolute Gasteiger partial charge is 0.314 e. The van der Waals surface area contributed by atoms with E-state index in [9.17, 15) is 0 Å². The van der Waals surface area contributed by atoms with Gasteiger partial charge in [-0.25, -0.2) is 0 Å². The van der Waals surface area contributed by atoms with Crippen LogP contribution in [0.1, 0.15) is 19.4 Å². The van der Waals surface area contributed by atoms with Crippen molar-refractivity contribution >= 4 is 94.2 Å². The lowest BCUT2D eigenvalue weighted by atomic mass is 10.1. The molecule has 0 saturated carbocycles. The molecule has 0 radical (unpaired) electrons. The van der Waals surface area contributed by atoms with Crippen LogP contribution in [0, 0.1) is 0 Å². The van der Waals surface area contributed by atoms with Gasteiger partial charge in [-0.1, -0.05) is 152 Å². The van der Waals surface area contributed by atoms with Crippen LogP contribution in [-0.2, 0) is 0 Å². The van der Waals surface area contributed by atoms with Crippen molar-refractivity contribution in [3.63, 3.8) is 0 Å². The van der Waals surface area contributed by atoms with Gasteiger partial charge in [0.2, 0.25) is 0 Å². The maximum atomic E-state index is 2.43. The molecular weight excluding hydrogens is 937 g/mol. The number of rotatable bonds is 14. The highest BCUT2D eigenvalue weighted by Crippen LogP contribution is 2.46. The van der Waals surface area contributed by atoms with Crippen LogP contribution >= 0.6 is 22.7 Å². The van der Waals surface area contributed by atoms with Crippen molar-refractivity contribution in [2.24, 2.45) is 0 Å². The number of aromatic nitrogens is 1. The second kappa shape index (κ2) is 20.7. The molecule has 74 heavy (non-hydrogen) atoms. The van der Waals surface area contributed by atoms with Crippen LogP contribution in [0.4, 0.5) is 44.1 Å². The smallest absolute Gasteiger partial charge is 0.101 e. The molecule has 9 aromatic carbocycles. The van der Waals surface area contributed by atoms with Gasteiger partial charge in [0.05, 0.1) is 11.0 Å². The van der Waals surface area contributed by atoms with E-state index in [1.165, 1.54) is 32.0 Å². The Morgan fingerprint density at radius 1 is 0.365 bits per heavy atom. The fraction of sp³-hybridized carbons (Fsp3) is 0.0294. The highest BCUT2D eigenvalue weighted by Gasteiger charge is 2.22. The molecule has 0 fully saturated rings. The van der Waals surface area contributed by atoms with E-state index in [0.717, 1.165) is 77.3 Å². The molecular formula is C68H52N4S2. The molecule has 3 heterocycles. The van der Waals surface area contributed by atoms with E-state index < -0.39 is 0 Å². The van der Waals surface area contributed by atoms with Crippen LogP contribution in [0.25, 0.3) is 53.9 Å². The molecule has 0 aliphatic carbocycles. The number of hydrogen-bond acceptors (Lipinski definition) is 5. The first-order chi connectivity index (χ1) is 36.5. The minimum absolute atomic E-state index is 1.08. The van der Waals surface area contributed by atoms with Crippen LogP contribution in [0.2, 0.25) is 0 Å². The van der Waals surface area contributed by atoms with Crippen molar-refractivity contribution in [3.05, 3.63) is 290 Å². The van der Waals surface area contributed by atoms with Crippen molar-refractivity contribution in [1.82, 2.24) is 4.57 Å². The monoisotopic (exact) mass is 988 g/mol. The molecule has 12 rings (SSSR count). The third kappa shape index (κ3) is 9.25. The van der Waals surface area contributed by atoms with Gasteiger partial charge in [-0.15, -0.1) is 22.7 Å². The molecule has 0 saturated heterocycles. The highest BCUT2D eigenvalue weighted by atomic mass is 32.1.